The summed E-state index contributed by atoms with van der Waals surface area (Å²) in [7, 11) is -4.02. The van der Waals surface area contributed by atoms with Crippen molar-refractivity contribution in [1.29, 1.82) is 0 Å². The number of halogens is 2. The van der Waals surface area contributed by atoms with Gasteiger partial charge >= 0.3 is 0 Å². The fourth-order valence-electron chi connectivity index (χ4n) is 3.77. The summed E-state index contributed by atoms with van der Waals surface area (Å²) in [6.45, 7) is 2.13. The number of rotatable bonds is 12. The third-order valence-corrected chi connectivity index (χ3v) is 8.24. The predicted molar refractivity (Wildman–Crippen MR) is 164 cm³/mol. The topological polar surface area (TPSA) is 97.3 Å². The second-order valence-corrected chi connectivity index (χ2v) is 11.9. The highest BCUT2D eigenvalue weighted by Crippen LogP contribution is 2.29. The Labute approximate surface area is 252 Å². The van der Waals surface area contributed by atoms with Crippen LogP contribution in [0.3, 0.4) is 0 Å². The quantitative estimate of drug-likeness (QED) is 0.140. The maximum atomic E-state index is 13.4. The van der Waals surface area contributed by atoms with E-state index in [2.05, 4.69) is 26.5 Å². The molecule has 1 amide bonds. The highest BCUT2D eigenvalue weighted by atomic mass is 79.9. The Morgan fingerprint density at radius 2 is 1.71 bits per heavy atom. The van der Waals surface area contributed by atoms with Crippen molar-refractivity contribution in [1.82, 2.24) is 5.43 Å². The number of hydrogen-bond donors (Lipinski definition) is 1. The summed E-state index contributed by atoms with van der Waals surface area (Å²) in [5.41, 5.74) is 4.29. The first-order chi connectivity index (χ1) is 19.8. The molecule has 1 N–H and O–H groups in total. The van der Waals surface area contributed by atoms with Crippen LogP contribution >= 0.6 is 27.5 Å². The standard InChI is InChI=1S/C30H27BrClN3O5S/c1-2-39-28-16-11-22(18-29(28)40-21-23-7-6-8-25(32)17-23)19-33-34-30(36)20-35(26-14-12-24(31)13-15-26)41(37,38)27-9-4-3-5-10-27/h3-19H,2,20-21H2,1H3,(H,34,36)/b33-19-. The molecule has 8 nitrogen and oxygen atoms in total. The molecule has 4 aromatic rings. The van der Waals surface area contributed by atoms with E-state index in [0.717, 1.165) is 14.3 Å². The smallest absolute Gasteiger partial charge is 0.264 e. The van der Waals surface area contributed by atoms with Gasteiger partial charge in [0.25, 0.3) is 15.9 Å². The lowest BCUT2D eigenvalue weighted by atomic mass is 10.2. The zero-order valence-electron chi connectivity index (χ0n) is 22.0. The first-order valence-corrected chi connectivity index (χ1v) is 15.2. The molecule has 0 fully saturated rings. The number of nitrogens with zero attached hydrogens (tertiary/aromatic N) is 2. The number of nitrogens with one attached hydrogen (secondary N) is 1. The largest absolute Gasteiger partial charge is 0.490 e. The molecule has 0 atom stereocenters. The number of carbonyl (C=O) groups excluding carboxylic acids is 1. The highest BCUT2D eigenvalue weighted by Gasteiger charge is 2.27. The van der Waals surface area contributed by atoms with Gasteiger partial charge in [-0.1, -0.05) is 57.9 Å². The Bertz CT molecular complexity index is 1620. The van der Waals surface area contributed by atoms with Gasteiger partial charge in [-0.15, -0.1) is 0 Å². The second kappa shape index (κ2) is 14.2. The Hall–Kier alpha value is -3.86. The molecule has 4 aromatic carbocycles. The Morgan fingerprint density at radius 3 is 2.41 bits per heavy atom. The van der Waals surface area contributed by atoms with E-state index < -0.39 is 22.5 Å². The van der Waals surface area contributed by atoms with Crippen LogP contribution < -0.4 is 19.2 Å². The lowest BCUT2D eigenvalue weighted by Crippen LogP contribution is -2.39. The molecule has 0 aliphatic rings. The van der Waals surface area contributed by atoms with Crippen molar-refractivity contribution < 1.29 is 22.7 Å². The summed E-state index contributed by atoms with van der Waals surface area (Å²) in [6.07, 6.45) is 1.44. The minimum atomic E-state index is -4.02. The van der Waals surface area contributed by atoms with Crippen molar-refractivity contribution in [2.75, 3.05) is 17.5 Å². The van der Waals surface area contributed by atoms with Gasteiger partial charge in [0.15, 0.2) is 11.5 Å². The Kier molecular flexibility index (Phi) is 10.4. The van der Waals surface area contributed by atoms with Crippen LogP contribution in [0.5, 0.6) is 11.5 Å². The molecule has 0 saturated carbocycles. The van der Waals surface area contributed by atoms with Crippen molar-refractivity contribution >= 4 is 55.4 Å². The molecular weight excluding hydrogens is 630 g/mol. The molecule has 0 aromatic heterocycles. The van der Waals surface area contributed by atoms with Gasteiger partial charge in [0.05, 0.1) is 23.4 Å². The van der Waals surface area contributed by atoms with Crippen LogP contribution in [0.1, 0.15) is 18.1 Å². The zero-order valence-corrected chi connectivity index (χ0v) is 25.2. The minimum Gasteiger partial charge on any atom is -0.490 e. The van der Waals surface area contributed by atoms with E-state index in [1.807, 2.05) is 25.1 Å². The van der Waals surface area contributed by atoms with Crippen LogP contribution in [0.2, 0.25) is 5.02 Å². The number of hydrogen-bond acceptors (Lipinski definition) is 6. The summed E-state index contributed by atoms with van der Waals surface area (Å²) in [4.78, 5) is 12.9. The summed E-state index contributed by atoms with van der Waals surface area (Å²) in [5.74, 6) is 0.441. The molecule has 212 valence electrons. The molecule has 0 saturated heterocycles. The lowest BCUT2D eigenvalue weighted by Gasteiger charge is -2.23. The normalized spacial score (nSPS) is 11.3. The third kappa shape index (κ3) is 8.32. The van der Waals surface area contributed by atoms with E-state index in [1.54, 1.807) is 66.7 Å². The van der Waals surface area contributed by atoms with E-state index in [-0.39, 0.29) is 11.5 Å². The molecule has 4 rings (SSSR count). The summed E-state index contributed by atoms with van der Waals surface area (Å²) in [5, 5.41) is 4.65. The maximum Gasteiger partial charge on any atom is 0.264 e. The number of amides is 1. The predicted octanol–water partition coefficient (Wildman–Crippen LogP) is 6.43. The van der Waals surface area contributed by atoms with Gasteiger partial charge in [-0.3, -0.25) is 9.10 Å². The van der Waals surface area contributed by atoms with Crippen molar-refractivity contribution in [3.63, 3.8) is 0 Å². The van der Waals surface area contributed by atoms with Crippen molar-refractivity contribution in [3.8, 4) is 11.5 Å². The molecule has 0 heterocycles. The highest BCUT2D eigenvalue weighted by molar-refractivity contribution is 9.10. The molecule has 41 heavy (non-hydrogen) atoms. The molecule has 0 aliphatic carbocycles. The van der Waals surface area contributed by atoms with Gasteiger partial charge in [0.1, 0.15) is 13.2 Å². The van der Waals surface area contributed by atoms with Gasteiger partial charge in [-0.05, 0) is 84.8 Å². The molecule has 11 heteroatoms. The van der Waals surface area contributed by atoms with E-state index in [1.165, 1.54) is 18.3 Å². The minimum absolute atomic E-state index is 0.0684. The van der Waals surface area contributed by atoms with Crippen molar-refractivity contribution in [2.24, 2.45) is 5.10 Å². The number of anilines is 1. The van der Waals surface area contributed by atoms with Gasteiger partial charge < -0.3 is 9.47 Å². The fourth-order valence-corrected chi connectivity index (χ4v) is 5.69. The van der Waals surface area contributed by atoms with Crippen molar-refractivity contribution in [2.45, 2.75) is 18.4 Å². The van der Waals surface area contributed by atoms with Gasteiger partial charge in [-0.25, -0.2) is 13.8 Å². The molecule has 0 aliphatic heterocycles. The van der Waals surface area contributed by atoms with E-state index in [9.17, 15) is 13.2 Å². The zero-order chi connectivity index (χ0) is 29.2. The third-order valence-electron chi connectivity index (χ3n) is 5.69. The van der Waals surface area contributed by atoms with Gasteiger partial charge in [0, 0.05) is 9.50 Å². The summed E-state index contributed by atoms with van der Waals surface area (Å²) < 4.78 is 40.3. The van der Waals surface area contributed by atoms with E-state index >= 15 is 0 Å². The second-order valence-electron chi connectivity index (χ2n) is 8.65. The van der Waals surface area contributed by atoms with Gasteiger partial charge in [0.2, 0.25) is 0 Å². The number of benzene rings is 4. The molecule has 0 spiro atoms. The van der Waals surface area contributed by atoms with Crippen LogP contribution in [0.25, 0.3) is 0 Å². The lowest BCUT2D eigenvalue weighted by molar-refractivity contribution is -0.119. The van der Waals surface area contributed by atoms with Crippen LogP contribution in [0, 0.1) is 0 Å². The van der Waals surface area contributed by atoms with Crippen LogP contribution in [0.4, 0.5) is 5.69 Å². The maximum absolute atomic E-state index is 13.4. The first-order valence-electron chi connectivity index (χ1n) is 12.6. The molecule has 0 radical (unpaired) electrons. The summed E-state index contributed by atoms with van der Waals surface area (Å²) in [6, 6.07) is 27.2. The first kappa shape index (κ1) is 30.1. The average molecular weight is 657 g/mol. The number of sulfonamides is 1. The van der Waals surface area contributed by atoms with Gasteiger partial charge in [-0.2, -0.15) is 5.10 Å². The van der Waals surface area contributed by atoms with Crippen LogP contribution in [-0.4, -0.2) is 33.7 Å². The van der Waals surface area contributed by atoms with Crippen LogP contribution in [-0.2, 0) is 21.4 Å². The Morgan fingerprint density at radius 1 is 0.951 bits per heavy atom. The van der Waals surface area contributed by atoms with E-state index in [4.69, 9.17) is 21.1 Å². The SMILES string of the molecule is CCOc1ccc(/C=N\NC(=O)CN(c2ccc(Br)cc2)S(=O)(=O)c2ccccc2)cc1OCc1cccc(Cl)c1. The Balaban J connectivity index is 1.48. The number of hydrazone groups is 1. The fraction of sp³-hybridized carbons (Fsp3) is 0.133. The van der Waals surface area contributed by atoms with Crippen molar-refractivity contribution in [3.05, 3.63) is 118 Å². The number of carbonyl (C=O) groups is 1. The number of ether oxygens (including phenoxy) is 2. The summed E-state index contributed by atoms with van der Waals surface area (Å²) >= 11 is 9.42. The molecule has 0 bridgehead atoms. The van der Waals surface area contributed by atoms with E-state index in [0.29, 0.717) is 34.4 Å². The van der Waals surface area contributed by atoms with Crippen LogP contribution in [0.15, 0.2) is 112 Å². The molecule has 0 unspecified atom stereocenters. The monoisotopic (exact) mass is 655 g/mol. The average Bonchev–Trinajstić information content (AvgIpc) is 2.97. The molecular formula is C30H27BrClN3O5S.